The predicted octanol–water partition coefficient (Wildman–Crippen LogP) is 4.58. The molecule has 27 heavy (non-hydrogen) atoms. The summed E-state index contributed by atoms with van der Waals surface area (Å²) >= 11 is 0. The van der Waals surface area contributed by atoms with E-state index >= 15 is 0 Å². The van der Waals surface area contributed by atoms with Crippen LogP contribution >= 0.6 is 0 Å². The van der Waals surface area contributed by atoms with E-state index < -0.39 is 0 Å². The predicted molar refractivity (Wildman–Crippen MR) is 106 cm³/mol. The van der Waals surface area contributed by atoms with Crippen LogP contribution in [0.5, 0.6) is 5.75 Å². The number of nitrogens with one attached hydrogen (secondary N) is 1. The Labute approximate surface area is 159 Å². The van der Waals surface area contributed by atoms with Crippen molar-refractivity contribution >= 4 is 5.78 Å². The number of benzene rings is 2. The molecule has 136 valence electrons. The van der Waals surface area contributed by atoms with Crippen molar-refractivity contribution in [3.63, 3.8) is 0 Å². The maximum Gasteiger partial charge on any atom is 0.166 e. The smallest absolute Gasteiger partial charge is 0.166 e. The summed E-state index contributed by atoms with van der Waals surface area (Å²) < 4.78 is 5.43. The summed E-state index contributed by atoms with van der Waals surface area (Å²) in [5.74, 6) is 7.42. The van der Waals surface area contributed by atoms with Gasteiger partial charge in [-0.2, -0.15) is 5.10 Å². The molecule has 3 rings (SSSR count). The number of hydrogen-bond donors (Lipinski definition) is 1. The summed E-state index contributed by atoms with van der Waals surface area (Å²) in [6, 6.07) is 15.8. The fourth-order valence-corrected chi connectivity index (χ4v) is 2.76. The van der Waals surface area contributed by atoms with Crippen LogP contribution in [-0.4, -0.2) is 22.6 Å². The Morgan fingerprint density at radius 3 is 2.26 bits per heavy atom. The molecule has 2 aromatic carbocycles. The van der Waals surface area contributed by atoms with Crippen molar-refractivity contribution in [3.8, 4) is 17.6 Å². The largest absolute Gasteiger partial charge is 0.494 e. The van der Waals surface area contributed by atoms with Gasteiger partial charge in [0.05, 0.1) is 18.4 Å². The Balaban J connectivity index is 1.62. The zero-order valence-corrected chi connectivity index (χ0v) is 15.5. The standard InChI is InChI=1S/C23H22N2O2/c1-3-27-22-12-8-19(9-13-22)5-4-18-6-10-20(11-7-18)17(2)14-23(26)21-15-24-25-16-21/h6-13,15-17H,3,14H2,1-2H3,(H,24,25). The van der Waals surface area contributed by atoms with E-state index in [0.29, 0.717) is 18.6 Å². The molecule has 0 aliphatic carbocycles. The summed E-state index contributed by atoms with van der Waals surface area (Å²) in [7, 11) is 0. The Bertz CT molecular complexity index is 931. The highest BCUT2D eigenvalue weighted by Crippen LogP contribution is 2.21. The molecule has 1 unspecified atom stereocenters. The second kappa shape index (κ2) is 8.86. The second-order valence-corrected chi connectivity index (χ2v) is 6.34. The van der Waals surface area contributed by atoms with Gasteiger partial charge >= 0.3 is 0 Å². The average molecular weight is 358 g/mol. The second-order valence-electron chi connectivity index (χ2n) is 6.34. The number of Topliss-reactive ketones (excluding diaryl/α,β-unsaturated/α-hetero) is 1. The number of hydrogen-bond acceptors (Lipinski definition) is 3. The van der Waals surface area contributed by atoms with E-state index in [9.17, 15) is 4.79 Å². The van der Waals surface area contributed by atoms with Gasteiger partial charge in [0.15, 0.2) is 5.78 Å². The van der Waals surface area contributed by atoms with Gasteiger partial charge in [-0.1, -0.05) is 30.9 Å². The zero-order valence-electron chi connectivity index (χ0n) is 15.5. The molecule has 0 radical (unpaired) electrons. The Morgan fingerprint density at radius 2 is 1.70 bits per heavy atom. The number of aromatic nitrogens is 2. The van der Waals surface area contributed by atoms with Gasteiger partial charge in [-0.05, 0) is 54.8 Å². The van der Waals surface area contributed by atoms with Crippen LogP contribution < -0.4 is 4.74 Å². The van der Waals surface area contributed by atoms with Crippen molar-refractivity contribution in [2.45, 2.75) is 26.2 Å². The van der Waals surface area contributed by atoms with Crippen LogP contribution in [0.3, 0.4) is 0 Å². The fraction of sp³-hybridized carbons (Fsp3) is 0.217. The number of aromatic amines is 1. The minimum atomic E-state index is 0.0932. The highest BCUT2D eigenvalue weighted by molar-refractivity contribution is 5.96. The molecular formula is C23H22N2O2. The highest BCUT2D eigenvalue weighted by atomic mass is 16.5. The minimum Gasteiger partial charge on any atom is -0.494 e. The van der Waals surface area contributed by atoms with Crippen molar-refractivity contribution in [1.82, 2.24) is 10.2 Å². The van der Waals surface area contributed by atoms with E-state index in [1.807, 2.05) is 55.5 Å². The lowest BCUT2D eigenvalue weighted by Gasteiger charge is -2.10. The molecule has 1 heterocycles. The first-order valence-corrected chi connectivity index (χ1v) is 9.02. The van der Waals surface area contributed by atoms with Crippen molar-refractivity contribution in [1.29, 1.82) is 0 Å². The lowest BCUT2D eigenvalue weighted by atomic mass is 9.93. The van der Waals surface area contributed by atoms with Gasteiger partial charge < -0.3 is 4.74 Å². The first kappa shape index (κ1) is 18.5. The molecule has 3 aromatic rings. The first-order chi connectivity index (χ1) is 13.2. The topological polar surface area (TPSA) is 55.0 Å². The van der Waals surface area contributed by atoms with Crippen molar-refractivity contribution in [3.05, 3.63) is 83.2 Å². The number of carbonyl (C=O) groups excluding carboxylic acids is 1. The van der Waals surface area contributed by atoms with E-state index in [-0.39, 0.29) is 11.7 Å². The monoisotopic (exact) mass is 358 g/mol. The number of rotatable bonds is 6. The Kier molecular flexibility index (Phi) is 6.06. The third-order valence-electron chi connectivity index (χ3n) is 4.31. The lowest BCUT2D eigenvalue weighted by Crippen LogP contribution is -2.04. The molecule has 1 atom stereocenters. The highest BCUT2D eigenvalue weighted by Gasteiger charge is 2.13. The maximum absolute atomic E-state index is 12.2. The molecule has 0 fully saturated rings. The van der Waals surface area contributed by atoms with Gasteiger partial charge in [0.2, 0.25) is 0 Å². The summed E-state index contributed by atoms with van der Waals surface area (Å²) in [5.41, 5.74) is 3.64. The third kappa shape index (κ3) is 5.08. The molecule has 0 aliphatic rings. The van der Waals surface area contributed by atoms with E-state index in [1.54, 1.807) is 12.4 Å². The zero-order chi connectivity index (χ0) is 19.1. The SMILES string of the molecule is CCOc1ccc(C#Cc2ccc(C(C)CC(=O)c3cn[nH]c3)cc2)cc1. The molecule has 0 amide bonds. The summed E-state index contributed by atoms with van der Waals surface area (Å²) in [6.07, 6.45) is 3.65. The Morgan fingerprint density at radius 1 is 1.07 bits per heavy atom. The van der Waals surface area contributed by atoms with E-state index in [1.165, 1.54) is 0 Å². The number of ketones is 1. The van der Waals surface area contributed by atoms with Crippen molar-refractivity contribution in [2.75, 3.05) is 6.61 Å². The van der Waals surface area contributed by atoms with Gasteiger partial charge in [0.1, 0.15) is 5.75 Å². The molecule has 4 nitrogen and oxygen atoms in total. The quantitative estimate of drug-likeness (QED) is 0.518. The molecular weight excluding hydrogens is 336 g/mol. The number of ether oxygens (including phenoxy) is 1. The van der Waals surface area contributed by atoms with Crippen molar-refractivity contribution < 1.29 is 9.53 Å². The average Bonchev–Trinajstić information content (AvgIpc) is 3.23. The van der Waals surface area contributed by atoms with Crippen LogP contribution in [0.1, 0.15) is 53.2 Å². The fourth-order valence-electron chi connectivity index (χ4n) is 2.76. The molecule has 0 aliphatic heterocycles. The van der Waals surface area contributed by atoms with Crippen LogP contribution in [-0.2, 0) is 0 Å². The normalized spacial score (nSPS) is 11.3. The van der Waals surface area contributed by atoms with Crippen LogP contribution in [0.2, 0.25) is 0 Å². The molecule has 1 aromatic heterocycles. The summed E-state index contributed by atoms with van der Waals surface area (Å²) in [5, 5.41) is 6.50. The van der Waals surface area contributed by atoms with Crippen LogP contribution in [0, 0.1) is 11.8 Å². The molecule has 0 saturated carbocycles. The Hall–Kier alpha value is -3.32. The van der Waals surface area contributed by atoms with Crippen LogP contribution in [0.15, 0.2) is 60.9 Å². The van der Waals surface area contributed by atoms with Gasteiger partial charge in [-0.3, -0.25) is 9.89 Å². The summed E-state index contributed by atoms with van der Waals surface area (Å²) in [4.78, 5) is 12.2. The first-order valence-electron chi connectivity index (χ1n) is 9.02. The van der Waals surface area contributed by atoms with Gasteiger partial charge in [0.25, 0.3) is 0 Å². The van der Waals surface area contributed by atoms with E-state index in [0.717, 1.165) is 22.4 Å². The third-order valence-corrected chi connectivity index (χ3v) is 4.31. The van der Waals surface area contributed by atoms with E-state index in [4.69, 9.17) is 4.74 Å². The minimum absolute atomic E-state index is 0.0932. The van der Waals surface area contributed by atoms with E-state index in [2.05, 4.69) is 29.0 Å². The van der Waals surface area contributed by atoms with Crippen LogP contribution in [0.4, 0.5) is 0 Å². The van der Waals surface area contributed by atoms with Gasteiger partial charge in [-0.15, -0.1) is 0 Å². The number of carbonyl (C=O) groups is 1. The van der Waals surface area contributed by atoms with Gasteiger partial charge in [-0.25, -0.2) is 0 Å². The number of H-pyrrole nitrogens is 1. The molecule has 0 spiro atoms. The molecule has 0 bridgehead atoms. The van der Waals surface area contributed by atoms with Gasteiger partial charge in [0, 0.05) is 23.7 Å². The molecule has 0 saturated heterocycles. The molecule has 4 heteroatoms. The maximum atomic E-state index is 12.2. The van der Waals surface area contributed by atoms with Crippen molar-refractivity contribution in [2.24, 2.45) is 0 Å². The number of nitrogens with zero attached hydrogens (tertiary/aromatic N) is 1. The lowest BCUT2D eigenvalue weighted by molar-refractivity contribution is 0.0975. The van der Waals surface area contributed by atoms with Crippen LogP contribution in [0.25, 0.3) is 0 Å². The molecule has 1 N–H and O–H groups in total. The summed E-state index contributed by atoms with van der Waals surface area (Å²) in [6.45, 7) is 4.67.